The molecule has 2 N–H and O–H groups in total. The SMILES string of the molecule is CNCc1sc(S(=O)(=O)NCCCn2ccnn2)cc1C. The summed E-state index contributed by atoms with van der Waals surface area (Å²) in [4.78, 5) is 1.04. The van der Waals surface area contributed by atoms with Gasteiger partial charge in [0.25, 0.3) is 0 Å². The summed E-state index contributed by atoms with van der Waals surface area (Å²) in [5.41, 5.74) is 0.998. The van der Waals surface area contributed by atoms with Gasteiger partial charge in [-0.15, -0.1) is 16.4 Å². The van der Waals surface area contributed by atoms with Gasteiger partial charge in [-0.05, 0) is 32.0 Å². The van der Waals surface area contributed by atoms with Crippen LogP contribution in [-0.2, 0) is 23.1 Å². The molecular weight excluding hydrogens is 310 g/mol. The Morgan fingerprint density at radius 1 is 1.43 bits per heavy atom. The monoisotopic (exact) mass is 329 g/mol. The molecule has 21 heavy (non-hydrogen) atoms. The molecule has 0 aliphatic carbocycles. The maximum absolute atomic E-state index is 12.2. The molecule has 0 saturated carbocycles. The number of nitrogens with one attached hydrogen (secondary N) is 2. The van der Waals surface area contributed by atoms with Gasteiger partial charge in [-0.3, -0.25) is 4.68 Å². The minimum atomic E-state index is -3.43. The lowest BCUT2D eigenvalue weighted by molar-refractivity contribution is 0.543. The van der Waals surface area contributed by atoms with Crippen molar-refractivity contribution in [1.82, 2.24) is 25.0 Å². The molecule has 0 aliphatic heterocycles. The standard InChI is InChI=1S/C12H19N5O2S2/c1-10-8-12(20-11(10)9-13-2)21(18,19)15-4-3-6-17-7-5-14-16-17/h5,7-8,13,15H,3-4,6,9H2,1-2H3. The van der Waals surface area contributed by atoms with E-state index >= 15 is 0 Å². The Balaban J connectivity index is 1.90. The largest absolute Gasteiger partial charge is 0.315 e. The van der Waals surface area contributed by atoms with Crippen LogP contribution in [0.1, 0.15) is 16.9 Å². The van der Waals surface area contributed by atoms with Gasteiger partial charge in [-0.2, -0.15) is 0 Å². The van der Waals surface area contributed by atoms with Crippen molar-refractivity contribution in [1.29, 1.82) is 0 Å². The number of nitrogens with zero attached hydrogens (tertiary/aromatic N) is 3. The second-order valence-electron chi connectivity index (χ2n) is 4.62. The van der Waals surface area contributed by atoms with E-state index in [0.717, 1.165) is 10.4 Å². The molecule has 0 spiro atoms. The summed E-state index contributed by atoms with van der Waals surface area (Å²) in [7, 11) is -1.58. The van der Waals surface area contributed by atoms with E-state index in [9.17, 15) is 8.42 Å². The van der Waals surface area contributed by atoms with Crippen LogP contribution in [0, 0.1) is 6.92 Å². The number of sulfonamides is 1. The molecule has 2 heterocycles. The highest BCUT2D eigenvalue weighted by molar-refractivity contribution is 7.91. The van der Waals surface area contributed by atoms with Crippen molar-refractivity contribution in [3.63, 3.8) is 0 Å². The van der Waals surface area contributed by atoms with Crippen LogP contribution in [0.4, 0.5) is 0 Å². The van der Waals surface area contributed by atoms with Gasteiger partial charge in [0.05, 0.1) is 6.20 Å². The Morgan fingerprint density at radius 3 is 2.90 bits per heavy atom. The molecular formula is C12H19N5O2S2. The molecule has 116 valence electrons. The van der Waals surface area contributed by atoms with Gasteiger partial charge in [0.1, 0.15) is 4.21 Å². The summed E-state index contributed by atoms with van der Waals surface area (Å²) in [6, 6.07) is 1.72. The number of hydrogen-bond donors (Lipinski definition) is 2. The molecule has 0 unspecified atom stereocenters. The first kappa shape index (κ1) is 16.1. The Bertz CT molecular complexity index is 664. The third-order valence-corrected chi connectivity index (χ3v) is 6.10. The number of hydrogen-bond acceptors (Lipinski definition) is 6. The molecule has 0 amide bonds. The molecule has 2 aromatic rings. The van der Waals surface area contributed by atoms with Gasteiger partial charge in [0.15, 0.2) is 0 Å². The first-order valence-corrected chi connectivity index (χ1v) is 8.90. The molecule has 0 fully saturated rings. The van der Waals surface area contributed by atoms with Gasteiger partial charge < -0.3 is 5.32 Å². The number of thiophene rings is 1. The molecule has 2 rings (SSSR count). The van der Waals surface area contributed by atoms with E-state index in [1.165, 1.54) is 11.3 Å². The normalized spacial score (nSPS) is 11.9. The number of aromatic nitrogens is 3. The molecule has 7 nitrogen and oxygen atoms in total. The van der Waals surface area contributed by atoms with Crippen LogP contribution in [0.5, 0.6) is 0 Å². The van der Waals surface area contributed by atoms with E-state index in [1.54, 1.807) is 23.1 Å². The van der Waals surface area contributed by atoms with Gasteiger partial charge in [-0.1, -0.05) is 5.21 Å². The second kappa shape index (κ2) is 7.12. The van der Waals surface area contributed by atoms with Gasteiger partial charge in [-0.25, -0.2) is 13.1 Å². The molecule has 0 bridgehead atoms. The van der Waals surface area contributed by atoms with Crippen LogP contribution < -0.4 is 10.0 Å². The Hall–Kier alpha value is -1.29. The predicted molar refractivity (Wildman–Crippen MR) is 81.6 cm³/mol. The van der Waals surface area contributed by atoms with Crippen LogP contribution in [0.15, 0.2) is 22.7 Å². The summed E-state index contributed by atoms with van der Waals surface area (Å²) < 4.78 is 29.1. The smallest absolute Gasteiger partial charge is 0.250 e. The molecule has 0 radical (unpaired) electrons. The minimum absolute atomic E-state index is 0.367. The lowest BCUT2D eigenvalue weighted by atomic mass is 10.3. The highest BCUT2D eigenvalue weighted by Crippen LogP contribution is 2.25. The lowest BCUT2D eigenvalue weighted by Gasteiger charge is -2.04. The van der Waals surface area contributed by atoms with Crippen molar-refractivity contribution in [2.24, 2.45) is 0 Å². The summed E-state index contributed by atoms with van der Waals surface area (Å²) in [5.74, 6) is 0. The van der Waals surface area contributed by atoms with Crippen molar-refractivity contribution in [3.05, 3.63) is 28.9 Å². The zero-order chi connectivity index (χ0) is 15.3. The minimum Gasteiger partial charge on any atom is -0.315 e. The lowest BCUT2D eigenvalue weighted by Crippen LogP contribution is -2.25. The molecule has 0 saturated heterocycles. The highest BCUT2D eigenvalue weighted by Gasteiger charge is 2.18. The maximum Gasteiger partial charge on any atom is 0.250 e. The maximum atomic E-state index is 12.2. The first-order chi connectivity index (χ1) is 10.0. The van der Waals surface area contributed by atoms with Gasteiger partial charge >= 0.3 is 0 Å². The van der Waals surface area contributed by atoms with E-state index < -0.39 is 10.0 Å². The van der Waals surface area contributed by atoms with Crippen LogP contribution in [0.3, 0.4) is 0 Å². The second-order valence-corrected chi connectivity index (χ2v) is 7.75. The fourth-order valence-corrected chi connectivity index (χ4v) is 4.55. The zero-order valence-electron chi connectivity index (χ0n) is 12.0. The van der Waals surface area contributed by atoms with Crippen molar-refractivity contribution in [3.8, 4) is 0 Å². The van der Waals surface area contributed by atoms with Crippen molar-refractivity contribution < 1.29 is 8.42 Å². The summed E-state index contributed by atoms with van der Waals surface area (Å²) in [5, 5.41) is 10.6. The third-order valence-electron chi connectivity index (χ3n) is 2.93. The molecule has 0 aliphatic rings. The van der Waals surface area contributed by atoms with Crippen molar-refractivity contribution in [2.75, 3.05) is 13.6 Å². The summed E-state index contributed by atoms with van der Waals surface area (Å²) >= 11 is 1.31. The quantitative estimate of drug-likeness (QED) is 0.697. The Kier molecular flexibility index (Phi) is 5.45. The topological polar surface area (TPSA) is 88.9 Å². The fraction of sp³-hybridized carbons (Fsp3) is 0.500. The van der Waals surface area contributed by atoms with Crippen LogP contribution in [-0.4, -0.2) is 37.0 Å². The summed E-state index contributed by atoms with van der Waals surface area (Å²) in [6.45, 7) is 3.61. The van der Waals surface area contributed by atoms with E-state index in [1.807, 2.05) is 14.0 Å². The van der Waals surface area contributed by atoms with E-state index in [-0.39, 0.29) is 0 Å². The fourth-order valence-electron chi connectivity index (χ4n) is 1.83. The van der Waals surface area contributed by atoms with Crippen LogP contribution in [0.25, 0.3) is 0 Å². The van der Waals surface area contributed by atoms with Gasteiger partial charge in [0, 0.05) is 30.7 Å². The van der Waals surface area contributed by atoms with E-state index in [2.05, 4.69) is 20.4 Å². The van der Waals surface area contributed by atoms with Crippen molar-refractivity contribution in [2.45, 2.75) is 30.6 Å². The Morgan fingerprint density at radius 2 is 2.24 bits per heavy atom. The first-order valence-electron chi connectivity index (χ1n) is 6.60. The van der Waals surface area contributed by atoms with E-state index in [4.69, 9.17) is 0 Å². The number of aryl methyl sites for hydroxylation is 2. The molecule has 0 atom stereocenters. The average Bonchev–Trinajstić information content (AvgIpc) is 3.06. The average molecular weight is 329 g/mol. The zero-order valence-corrected chi connectivity index (χ0v) is 13.7. The molecule has 0 aromatic carbocycles. The van der Waals surface area contributed by atoms with E-state index in [0.29, 0.717) is 30.3 Å². The third kappa shape index (κ3) is 4.34. The Labute approximate surface area is 128 Å². The highest BCUT2D eigenvalue weighted by atomic mass is 32.2. The van der Waals surface area contributed by atoms with Crippen LogP contribution >= 0.6 is 11.3 Å². The molecule has 2 aromatic heterocycles. The molecule has 9 heteroatoms. The summed E-state index contributed by atoms with van der Waals surface area (Å²) in [6.07, 6.45) is 4.01. The van der Waals surface area contributed by atoms with Crippen molar-refractivity contribution >= 4 is 21.4 Å². The van der Waals surface area contributed by atoms with Crippen LogP contribution in [0.2, 0.25) is 0 Å². The van der Waals surface area contributed by atoms with Gasteiger partial charge in [0.2, 0.25) is 10.0 Å². The predicted octanol–water partition coefficient (Wildman–Crippen LogP) is 0.736. The number of rotatable bonds is 8.